The van der Waals surface area contributed by atoms with Gasteiger partial charge in [-0.05, 0) is 12.8 Å². The van der Waals surface area contributed by atoms with Crippen LogP contribution >= 0.6 is 0 Å². The molecule has 1 amide bonds. The highest BCUT2D eigenvalue weighted by Crippen LogP contribution is 2.23. The second-order valence-electron chi connectivity index (χ2n) is 19.0. The standard InChI is InChI=1S/C52H103NO8/c1-3-5-7-9-11-13-15-17-19-21-23-24-26-28-30-32-34-36-38-40-42-48(56)53-45(44-60-52-51(59)50(58)49(57)47(43-54)61-52)46(55)41-39-37-35-33-31-29-27-25-22-20-18-16-14-12-10-8-6-4-2/h45-47,49-52,54-55,57-59H,3-44H2,1-2H3,(H,53,56). The van der Waals surface area contributed by atoms with E-state index in [9.17, 15) is 30.3 Å². The number of ether oxygens (including phenoxy) is 2. The van der Waals surface area contributed by atoms with Gasteiger partial charge >= 0.3 is 0 Å². The second-order valence-corrected chi connectivity index (χ2v) is 19.0. The van der Waals surface area contributed by atoms with Crippen molar-refractivity contribution in [1.29, 1.82) is 0 Å². The van der Waals surface area contributed by atoms with Crippen molar-refractivity contribution in [3.8, 4) is 0 Å². The van der Waals surface area contributed by atoms with Crippen LogP contribution in [0.15, 0.2) is 0 Å². The Balaban J connectivity index is 2.23. The molecule has 9 heteroatoms. The molecule has 0 aliphatic carbocycles. The Bertz CT molecular complexity index is 924. The van der Waals surface area contributed by atoms with Gasteiger partial charge in [-0.25, -0.2) is 0 Å². The number of aliphatic hydroxyl groups excluding tert-OH is 5. The Kier molecular flexibility index (Phi) is 41.1. The van der Waals surface area contributed by atoms with Gasteiger partial charge in [0.25, 0.3) is 0 Å². The summed E-state index contributed by atoms with van der Waals surface area (Å²) in [6.45, 7) is 3.88. The van der Waals surface area contributed by atoms with E-state index < -0.39 is 49.5 Å². The van der Waals surface area contributed by atoms with Crippen LogP contribution in [-0.4, -0.2) is 87.5 Å². The van der Waals surface area contributed by atoms with Crippen molar-refractivity contribution < 1.29 is 39.8 Å². The Morgan fingerprint density at radius 3 is 1.16 bits per heavy atom. The van der Waals surface area contributed by atoms with Crippen LogP contribution in [0.5, 0.6) is 0 Å². The number of amides is 1. The molecule has 0 aromatic heterocycles. The smallest absolute Gasteiger partial charge is 0.220 e. The molecule has 1 aliphatic heterocycles. The SMILES string of the molecule is CCCCCCCCCCCCCCCCCCCCCCC(=O)NC(COC1OC(CO)C(O)C(O)C1O)C(O)CCCCCCCCCCCCCCCCCCCC. The van der Waals surface area contributed by atoms with Crippen LogP contribution in [0.25, 0.3) is 0 Å². The fourth-order valence-corrected chi connectivity index (χ4v) is 8.93. The van der Waals surface area contributed by atoms with E-state index in [4.69, 9.17) is 9.47 Å². The molecule has 0 saturated carbocycles. The molecule has 1 saturated heterocycles. The molecule has 0 spiro atoms. The first-order valence-electron chi connectivity index (χ1n) is 26.7. The first-order chi connectivity index (χ1) is 29.8. The van der Waals surface area contributed by atoms with Crippen molar-refractivity contribution in [1.82, 2.24) is 5.32 Å². The second kappa shape index (κ2) is 43.1. The van der Waals surface area contributed by atoms with Gasteiger partial charge in [0, 0.05) is 6.42 Å². The molecule has 1 heterocycles. The molecule has 0 aromatic rings. The van der Waals surface area contributed by atoms with E-state index in [1.165, 1.54) is 205 Å². The fraction of sp³-hybridized carbons (Fsp3) is 0.981. The monoisotopic (exact) mass is 870 g/mol. The zero-order valence-corrected chi connectivity index (χ0v) is 40.2. The number of rotatable bonds is 46. The third-order valence-corrected chi connectivity index (χ3v) is 13.2. The van der Waals surface area contributed by atoms with Crippen molar-refractivity contribution in [3.05, 3.63) is 0 Å². The molecule has 1 fully saturated rings. The summed E-state index contributed by atoms with van der Waals surface area (Å²) in [5, 5.41) is 54.6. The van der Waals surface area contributed by atoms with Gasteiger partial charge in [-0.2, -0.15) is 0 Å². The highest BCUT2D eigenvalue weighted by molar-refractivity contribution is 5.76. The minimum Gasteiger partial charge on any atom is -0.394 e. The Morgan fingerprint density at radius 2 is 0.820 bits per heavy atom. The van der Waals surface area contributed by atoms with Gasteiger partial charge in [0.1, 0.15) is 24.4 Å². The molecule has 0 radical (unpaired) electrons. The van der Waals surface area contributed by atoms with Gasteiger partial charge in [-0.15, -0.1) is 0 Å². The summed E-state index contributed by atoms with van der Waals surface area (Å²) < 4.78 is 11.3. The number of unbranched alkanes of at least 4 members (excludes halogenated alkanes) is 36. The summed E-state index contributed by atoms with van der Waals surface area (Å²) in [6, 6.07) is -0.712. The van der Waals surface area contributed by atoms with Crippen LogP contribution in [0.3, 0.4) is 0 Å². The number of carbonyl (C=O) groups excluding carboxylic acids is 1. The highest BCUT2D eigenvalue weighted by Gasteiger charge is 2.44. The van der Waals surface area contributed by atoms with Crippen LogP contribution < -0.4 is 5.32 Å². The van der Waals surface area contributed by atoms with Crippen LogP contribution in [0.2, 0.25) is 0 Å². The van der Waals surface area contributed by atoms with Gasteiger partial charge in [-0.3, -0.25) is 4.79 Å². The summed E-state index contributed by atoms with van der Waals surface area (Å²) in [5.41, 5.74) is 0. The van der Waals surface area contributed by atoms with Gasteiger partial charge in [-0.1, -0.05) is 251 Å². The van der Waals surface area contributed by atoms with Crippen LogP contribution in [0, 0.1) is 0 Å². The summed E-state index contributed by atoms with van der Waals surface area (Å²) in [6.07, 6.45) is 42.6. The number of nitrogens with one attached hydrogen (secondary N) is 1. The summed E-state index contributed by atoms with van der Waals surface area (Å²) in [4.78, 5) is 13.0. The maximum absolute atomic E-state index is 13.0. The predicted octanol–water partition coefficient (Wildman–Crippen LogP) is 12.3. The van der Waals surface area contributed by atoms with E-state index in [2.05, 4.69) is 19.2 Å². The maximum atomic E-state index is 13.0. The molecular weight excluding hydrogens is 767 g/mol. The zero-order valence-electron chi connectivity index (χ0n) is 40.2. The molecule has 0 bridgehead atoms. The maximum Gasteiger partial charge on any atom is 0.220 e. The number of hydrogen-bond acceptors (Lipinski definition) is 8. The summed E-state index contributed by atoms with van der Waals surface area (Å²) in [5.74, 6) is -0.137. The van der Waals surface area contributed by atoms with E-state index in [0.717, 1.165) is 38.5 Å². The lowest BCUT2D eigenvalue weighted by Gasteiger charge is -2.40. The van der Waals surface area contributed by atoms with E-state index >= 15 is 0 Å². The molecule has 0 aromatic carbocycles. The minimum absolute atomic E-state index is 0.131. The quantitative estimate of drug-likeness (QED) is 0.0331. The molecule has 7 atom stereocenters. The van der Waals surface area contributed by atoms with Crippen molar-refractivity contribution in [2.45, 2.75) is 314 Å². The normalized spacial score (nSPS) is 20.3. The van der Waals surface area contributed by atoms with Gasteiger partial charge < -0.3 is 40.3 Å². The Hall–Kier alpha value is -0.810. The average molecular weight is 870 g/mol. The van der Waals surface area contributed by atoms with E-state index in [1.807, 2.05) is 0 Å². The highest BCUT2D eigenvalue weighted by atomic mass is 16.7. The molecule has 1 rings (SSSR count). The molecule has 7 unspecified atom stereocenters. The number of hydrogen-bond donors (Lipinski definition) is 6. The van der Waals surface area contributed by atoms with E-state index in [-0.39, 0.29) is 12.5 Å². The van der Waals surface area contributed by atoms with Crippen LogP contribution in [0.1, 0.15) is 271 Å². The zero-order chi connectivity index (χ0) is 44.4. The number of carbonyl (C=O) groups is 1. The van der Waals surface area contributed by atoms with Crippen LogP contribution in [-0.2, 0) is 14.3 Å². The largest absolute Gasteiger partial charge is 0.394 e. The fourth-order valence-electron chi connectivity index (χ4n) is 8.93. The molecular formula is C52H103NO8. The Morgan fingerprint density at radius 1 is 0.492 bits per heavy atom. The lowest BCUT2D eigenvalue weighted by Crippen LogP contribution is -2.60. The summed E-state index contributed by atoms with van der Waals surface area (Å²) in [7, 11) is 0. The average Bonchev–Trinajstić information content (AvgIpc) is 3.26. The molecule has 61 heavy (non-hydrogen) atoms. The van der Waals surface area contributed by atoms with Crippen molar-refractivity contribution >= 4 is 5.91 Å². The van der Waals surface area contributed by atoms with Gasteiger partial charge in [0.2, 0.25) is 5.91 Å². The topological polar surface area (TPSA) is 149 Å². The summed E-state index contributed by atoms with van der Waals surface area (Å²) >= 11 is 0. The van der Waals surface area contributed by atoms with E-state index in [0.29, 0.717) is 12.8 Å². The molecule has 9 nitrogen and oxygen atoms in total. The third kappa shape index (κ3) is 33.3. The predicted molar refractivity (Wildman–Crippen MR) is 254 cm³/mol. The van der Waals surface area contributed by atoms with Gasteiger partial charge in [0.15, 0.2) is 6.29 Å². The molecule has 6 N–H and O–H groups in total. The van der Waals surface area contributed by atoms with Gasteiger partial charge in [0.05, 0.1) is 25.4 Å². The lowest BCUT2D eigenvalue weighted by molar-refractivity contribution is -0.302. The van der Waals surface area contributed by atoms with Crippen molar-refractivity contribution in [3.63, 3.8) is 0 Å². The molecule has 364 valence electrons. The van der Waals surface area contributed by atoms with E-state index in [1.54, 1.807) is 0 Å². The van der Waals surface area contributed by atoms with Crippen LogP contribution in [0.4, 0.5) is 0 Å². The third-order valence-electron chi connectivity index (χ3n) is 13.2. The minimum atomic E-state index is -1.55. The lowest BCUT2D eigenvalue weighted by atomic mass is 9.99. The Labute approximate surface area is 376 Å². The molecule has 1 aliphatic rings. The first kappa shape index (κ1) is 58.2. The van der Waals surface area contributed by atoms with Crippen molar-refractivity contribution in [2.24, 2.45) is 0 Å². The first-order valence-corrected chi connectivity index (χ1v) is 26.7. The van der Waals surface area contributed by atoms with Crippen molar-refractivity contribution in [2.75, 3.05) is 13.2 Å². The number of aliphatic hydroxyl groups is 5.